The third-order valence-electron chi connectivity index (χ3n) is 10.6. The number of amides is 4. The second-order valence-corrected chi connectivity index (χ2v) is 13.6. The van der Waals surface area contributed by atoms with Crippen molar-refractivity contribution in [2.75, 3.05) is 5.32 Å². The number of hydrogen-bond acceptors (Lipinski definition) is 6. The summed E-state index contributed by atoms with van der Waals surface area (Å²) >= 11 is 0. The van der Waals surface area contributed by atoms with Crippen LogP contribution >= 0.6 is 0 Å². The van der Waals surface area contributed by atoms with Crippen LogP contribution in [0, 0.1) is 11.8 Å². The number of aryl methyl sites for hydroxylation is 1. The van der Waals surface area contributed by atoms with Gasteiger partial charge in [0, 0.05) is 41.6 Å². The highest BCUT2D eigenvalue weighted by Gasteiger charge is 2.63. The number of pyridine rings is 1. The van der Waals surface area contributed by atoms with Crippen molar-refractivity contribution in [1.82, 2.24) is 25.1 Å². The van der Waals surface area contributed by atoms with Crippen LogP contribution in [0.4, 0.5) is 5.69 Å². The highest BCUT2D eigenvalue weighted by atomic mass is 16.2. The predicted octanol–water partition coefficient (Wildman–Crippen LogP) is 3.27. The van der Waals surface area contributed by atoms with Gasteiger partial charge in [-0.3, -0.25) is 28.8 Å². The highest BCUT2D eigenvalue weighted by molar-refractivity contribution is 6.36. The van der Waals surface area contributed by atoms with Crippen LogP contribution in [0.1, 0.15) is 82.1 Å². The molecule has 0 radical (unpaired) electrons. The lowest BCUT2D eigenvalue weighted by Gasteiger charge is -2.67. The van der Waals surface area contributed by atoms with Crippen molar-refractivity contribution in [1.29, 1.82) is 0 Å². The number of aromatic nitrogens is 2. The van der Waals surface area contributed by atoms with Gasteiger partial charge in [-0.05, 0) is 75.1 Å². The molecule has 254 valence electrons. The van der Waals surface area contributed by atoms with E-state index in [1.807, 2.05) is 35.8 Å². The first-order valence-corrected chi connectivity index (χ1v) is 17.1. The molecule has 0 spiro atoms. The summed E-state index contributed by atoms with van der Waals surface area (Å²) in [6.07, 6.45) is 7.69. The first-order valence-electron chi connectivity index (χ1n) is 17.1. The average molecular weight is 657 g/mol. The van der Waals surface area contributed by atoms with Gasteiger partial charge in [-0.25, -0.2) is 0 Å². The summed E-state index contributed by atoms with van der Waals surface area (Å²) in [6.45, 7) is 4.33. The molecule has 0 unspecified atom stereocenters. The SMILES string of the molecule is CCn1c(C(=O)N[C@@H](CCC(=O)C(=O)NC2CCCCC2)C(=O)Nc2cccn(CC(=O)NC34CC(C3)[C@@H]4C)c2=O)cc2ccccc21. The normalized spacial score (nSPS) is 22.1. The smallest absolute Gasteiger partial charge is 0.287 e. The molecule has 2 atom stereocenters. The lowest BCUT2D eigenvalue weighted by Crippen LogP contribution is -2.74. The van der Waals surface area contributed by atoms with Crippen molar-refractivity contribution in [3.8, 4) is 0 Å². The van der Waals surface area contributed by atoms with Crippen molar-refractivity contribution in [2.45, 2.75) is 102 Å². The number of carbonyl (C=O) groups excluding carboxylic acids is 5. The summed E-state index contributed by atoms with van der Waals surface area (Å²) in [6, 6.07) is 11.0. The number of nitrogens with zero attached hydrogens (tertiary/aromatic N) is 2. The zero-order valence-electron chi connectivity index (χ0n) is 27.6. The van der Waals surface area contributed by atoms with E-state index >= 15 is 0 Å². The standard InChI is InChI=1S/C36H44N6O6/c1-3-42-28-14-8-7-10-23(28)18-29(42)33(46)38-26(15-16-30(43)34(47)37-25-11-5-4-6-12-25)32(45)39-27-13-9-17-41(35(27)48)21-31(44)40-36-19-24(20-36)22(36)2/h7-10,13-14,17-18,22,24-26H,3-6,11-12,15-16,19-21H2,1-2H3,(H,37,47)(H,38,46)(H,39,45)(H,40,44)/t22-,24?,26-,36?/m0/s1. The Morgan fingerprint density at radius 3 is 2.44 bits per heavy atom. The van der Waals surface area contributed by atoms with E-state index in [0.29, 0.717) is 24.1 Å². The van der Waals surface area contributed by atoms with Gasteiger partial charge in [0.15, 0.2) is 0 Å². The number of fused-ring (bicyclic) bond motifs is 1. The van der Waals surface area contributed by atoms with Gasteiger partial charge >= 0.3 is 0 Å². The summed E-state index contributed by atoms with van der Waals surface area (Å²) < 4.78 is 3.06. The van der Waals surface area contributed by atoms with Crippen molar-refractivity contribution in [3.05, 3.63) is 64.7 Å². The second-order valence-electron chi connectivity index (χ2n) is 13.6. The number of ketones is 1. The molecule has 2 aromatic heterocycles. The number of anilines is 1. The number of rotatable bonds is 13. The summed E-state index contributed by atoms with van der Waals surface area (Å²) in [7, 11) is 0. The number of Topliss-reactive ketones (excluding diaryl/α,β-unsaturated/α-hetero) is 1. The van der Waals surface area contributed by atoms with Crippen LogP contribution in [-0.4, -0.2) is 56.2 Å². The lowest BCUT2D eigenvalue weighted by atomic mass is 9.43. The third kappa shape index (κ3) is 6.65. The van der Waals surface area contributed by atoms with Crippen LogP contribution in [0.5, 0.6) is 0 Å². The molecule has 2 bridgehead atoms. The lowest BCUT2D eigenvalue weighted by molar-refractivity contribution is -0.151. The molecule has 4 amide bonds. The summed E-state index contributed by atoms with van der Waals surface area (Å²) in [5.41, 5.74) is 0.377. The minimum atomic E-state index is -1.24. The Hall–Kier alpha value is -4.74. The van der Waals surface area contributed by atoms with E-state index in [1.165, 1.54) is 16.8 Å². The molecule has 48 heavy (non-hydrogen) atoms. The largest absolute Gasteiger partial charge is 0.349 e. The van der Waals surface area contributed by atoms with Gasteiger partial charge in [-0.15, -0.1) is 0 Å². The van der Waals surface area contributed by atoms with Gasteiger partial charge < -0.3 is 30.4 Å². The van der Waals surface area contributed by atoms with Gasteiger partial charge in [-0.2, -0.15) is 0 Å². The quantitative estimate of drug-likeness (QED) is 0.207. The fourth-order valence-electron chi connectivity index (χ4n) is 7.54. The summed E-state index contributed by atoms with van der Waals surface area (Å²) in [4.78, 5) is 79.0. The van der Waals surface area contributed by atoms with Crippen LogP contribution in [0.25, 0.3) is 10.9 Å². The molecule has 4 aliphatic carbocycles. The van der Waals surface area contributed by atoms with Gasteiger partial charge in [0.05, 0.1) is 0 Å². The van der Waals surface area contributed by atoms with Crippen LogP contribution in [0.15, 0.2) is 53.5 Å². The Kier molecular flexibility index (Phi) is 9.52. The van der Waals surface area contributed by atoms with E-state index in [9.17, 15) is 28.8 Å². The van der Waals surface area contributed by atoms with Crippen molar-refractivity contribution in [3.63, 3.8) is 0 Å². The molecule has 0 saturated heterocycles. The maximum absolute atomic E-state index is 13.7. The summed E-state index contributed by atoms with van der Waals surface area (Å²) in [5.74, 6) is -1.81. The topological polar surface area (TPSA) is 160 Å². The Bertz CT molecular complexity index is 1800. The number of carbonyl (C=O) groups is 5. The molecule has 7 rings (SSSR count). The fourth-order valence-corrected chi connectivity index (χ4v) is 7.54. The molecule has 2 heterocycles. The molecule has 12 nitrogen and oxygen atoms in total. The number of hydrogen-bond donors (Lipinski definition) is 4. The Labute approximate surface area is 279 Å². The van der Waals surface area contributed by atoms with E-state index in [-0.39, 0.29) is 42.6 Å². The van der Waals surface area contributed by atoms with Crippen molar-refractivity contribution >= 4 is 46.0 Å². The van der Waals surface area contributed by atoms with Gasteiger partial charge in [0.25, 0.3) is 17.4 Å². The van der Waals surface area contributed by atoms with Crippen LogP contribution in [-0.2, 0) is 32.3 Å². The Morgan fingerprint density at radius 2 is 1.75 bits per heavy atom. The van der Waals surface area contributed by atoms with Gasteiger partial charge in [0.2, 0.25) is 17.6 Å². The molecule has 4 N–H and O–H groups in total. The maximum Gasteiger partial charge on any atom is 0.287 e. The fraction of sp³-hybridized carbons (Fsp3) is 0.500. The Morgan fingerprint density at radius 1 is 1.00 bits per heavy atom. The third-order valence-corrected chi connectivity index (χ3v) is 10.6. The molecule has 0 aliphatic heterocycles. The molecule has 12 heteroatoms. The van der Waals surface area contributed by atoms with E-state index in [0.717, 1.165) is 55.8 Å². The van der Waals surface area contributed by atoms with Gasteiger partial charge in [-0.1, -0.05) is 44.4 Å². The monoisotopic (exact) mass is 656 g/mol. The van der Waals surface area contributed by atoms with E-state index in [2.05, 4.69) is 28.2 Å². The molecule has 3 aromatic rings. The molecule has 4 fully saturated rings. The van der Waals surface area contributed by atoms with E-state index in [4.69, 9.17) is 0 Å². The minimum absolute atomic E-state index is 0.0466. The summed E-state index contributed by atoms with van der Waals surface area (Å²) in [5, 5.41) is 12.1. The molecular weight excluding hydrogens is 612 g/mol. The molecule has 1 aromatic carbocycles. The minimum Gasteiger partial charge on any atom is -0.349 e. The second kappa shape index (κ2) is 13.8. The number of para-hydroxylation sites is 1. The van der Waals surface area contributed by atoms with Gasteiger partial charge in [0.1, 0.15) is 24.0 Å². The maximum atomic E-state index is 13.7. The predicted molar refractivity (Wildman–Crippen MR) is 180 cm³/mol. The van der Waals surface area contributed by atoms with Crippen molar-refractivity contribution < 1.29 is 24.0 Å². The zero-order chi connectivity index (χ0) is 34.0. The Balaban J connectivity index is 1.16. The number of benzene rings is 1. The molecular formula is C36H44N6O6. The van der Waals surface area contributed by atoms with E-state index in [1.54, 1.807) is 12.1 Å². The van der Waals surface area contributed by atoms with E-state index < -0.39 is 35.1 Å². The molecule has 4 saturated carbocycles. The first kappa shape index (κ1) is 33.2. The average Bonchev–Trinajstić information content (AvgIpc) is 3.45. The number of nitrogens with one attached hydrogen (secondary N) is 4. The van der Waals surface area contributed by atoms with Crippen LogP contribution in [0.3, 0.4) is 0 Å². The van der Waals surface area contributed by atoms with Crippen molar-refractivity contribution in [2.24, 2.45) is 11.8 Å². The molecule has 4 aliphatic rings. The van der Waals surface area contributed by atoms with Crippen LogP contribution in [0.2, 0.25) is 0 Å². The highest BCUT2D eigenvalue weighted by Crippen LogP contribution is 2.61. The van der Waals surface area contributed by atoms with Crippen LogP contribution < -0.4 is 26.8 Å². The first-order chi connectivity index (χ1) is 23.1. The zero-order valence-corrected chi connectivity index (χ0v) is 27.6.